The second kappa shape index (κ2) is 5.87. The van der Waals surface area contributed by atoms with Crippen LogP contribution in [0.3, 0.4) is 0 Å². The van der Waals surface area contributed by atoms with Gasteiger partial charge in [0.05, 0.1) is 4.90 Å². The zero-order valence-corrected chi connectivity index (χ0v) is 16.2. The molecular weight excluding hydrogens is 308 g/mol. The van der Waals surface area contributed by atoms with E-state index in [0.29, 0.717) is 4.90 Å². The zero-order chi connectivity index (χ0) is 17.6. The number of likely N-dealkylation sites (tertiary alicyclic amines) is 1. The molecule has 0 aromatic heterocycles. The van der Waals surface area contributed by atoms with Gasteiger partial charge >= 0.3 is 0 Å². The Bertz CT molecular complexity index is 645. The molecule has 1 fully saturated rings. The van der Waals surface area contributed by atoms with Crippen molar-refractivity contribution in [3.8, 4) is 0 Å². The number of piperidine rings is 1. The summed E-state index contributed by atoms with van der Waals surface area (Å²) < 4.78 is 27.5. The van der Waals surface area contributed by atoms with Crippen molar-refractivity contribution >= 4 is 10.0 Å². The van der Waals surface area contributed by atoms with E-state index < -0.39 is 10.0 Å². The predicted octanol–water partition coefficient (Wildman–Crippen LogP) is 3.27. The Kier molecular flexibility index (Phi) is 4.70. The molecule has 1 saturated heterocycles. The zero-order valence-electron chi connectivity index (χ0n) is 15.4. The molecule has 1 heterocycles. The van der Waals surface area contributed by atoms with Gasteiger partial charge in [-0.1, -0.05) is 17.7 Å². The lowest BCUT2D eigenvalue weighted by Gasteiger charge is -2.54. The number of hydrogen-bond acceptors (Lipinski definition) is 3. The van der Waals surface area contributed by atoms with Gasteiger partial charge in [-0.25, -0.2) is 8.42 Å². The van der Waals surface area contributed by atoms with E-state index in [-0.39, 0.29) is 17.1 Å². The van der Waals surface area contributed by atoms with Gasteiger partial charge in [0.1, 0.15) is 0 Å². The summed E-state index contributed by atoms with van der Waals surface area (Å²) in [6.07, 6.45) is 1.66. The van der Waals surface area contributed by atoms with Crippen molar-refractivity contribution in [3.63, 3.8) is 0 Å². The summed E-state index contributed by atoms with van der Waals surface area (Å²) in [5.74, 6) is 0. The minimum absolute atomic E-state index is 0.00232. The third-order valence-corrected chi connectivity index (χ3v) is 7.42. The van der Waals surface area contributed by atoms with E-state index in [4.69, 9.17) is 0 Å². The third-order valence-electron chi connectivity index (χ3n) is 5.50. The molecule has 0 atom stereocenters. The van der Waals surface area contributed by atoms with Crippen molar-refractivity contribution in [1.82, 2.24) is 9.21 Å². The maximum Gasteiger partial charge on any atom is 0.243 e. The molecule has 0 bridgehead atoms. The fourth-order valence-electron chi connectivity index (χ4n) is 3.65. The monoisotopic (exact) mass is 338 g/mol. The molecule has 1 aliphatic heterocycles. The molecule has 0 radical (unpaired) electrons. The van der Waals surface area contributed by atoms with Gasteiger partial charge in [-0.05, 0) is 66.6 Å². The van der Waals surface area contributed by atoms with Crippen LogP contribution in [0.25, 0.3) is 0 Å². The lowest BCUT2D eigenvalue weighted by Crippen LogP contribution is -2.62. The van der Waals surface area contributed by atoms with Crippen LogP contribution in [0.1, 0.15) is 46.1 Å². The summed E-state index contributed by atoms with van der Waals surface area (Å²) in [5, 5.41) is 0. The first-order chi connectivity index (χ1) is 10.4. The highest BCUT2D eigenvalue weighted by Gasteiger charge is 2.46. The van der Waals surface area contributed by atoms with Crippen LogP contribution in [0.4, 0.5) is 0 Å². The summed E-state index contributed by atoms with van der Waals surface area (Å²) in [5.41, 5.74) is 0.987. The molecule has 23 heavy (non-hydrogen) atoms. The van der Waals surface area contributed by atoms with E-state index in [1.165, 1.54) is 0 Å². The summed E-state index contributed by atoms with van der Waals surface area (Å²) in [7, 11) is 0.391. The molecule has 1 aliphatic rings. The molecule has 130 valence electrons. The number of nitrogens with zero attached hydrogens (tertiary/aromatic N) is 2. The fraction of sp³-hybridized carbons (Fsp3) is 0.667. The lowest BCUT2D eigenvalue weighted by atomic mass is 9.77. The molecule has 0 unspecified atom stereocenters. The number of aryl methyl sites for hydroxylation is 1. The van der Waals surface area contributed by atoms with Crippen molar-refractivity contribution in [1.29, 1.82) is 0 Å². The molecular formula is C18H30N2O2S. The molecule has 0 spiro atoms. The van der Waals surface area contributed by atoms with Crippen LogP contribution >= 0.6 is 0 Å². The average molecular weight is 339 g/mol. The Hall–Kier alpha value is -0.910. The summed E-state index contributed by atoms with van der Waals surface area (Å²) in [4.78, 5) is 2.74. The van der Waals surface area contributed by atoms with Crippen molar-refractivity contribution in [3.05, 3.63) is 29.8 Å². The average Bonchev–Trinajstić information content (AvgIpc) is 2.43. The Morgan fingerprint density at radius 1 is 1.04 bits per heavy atom. The first-order valence-corrected chi connectivity index (χ1v) is 9.60. The lowest BCUT2D eigenvalue weighted by molar-refractivity contribution is -0.0293. The minimum atomic E-state index is -3.46. The Balaban J connectivity index is 2.32. The van der Waals surface area contributed by atoms with E-state index in [0.717, 1.165) is 18.4 Å². The molecule has 0 N–H and O–H groups in total. The van der Waals surface area contributed by atoms with Crippen LogP contribution < -0.4 is 0 Å². The van der Waals surface area contributed by atoms with Crippen molar-refractivity contribution < 1.29 is 8.42 Å². The van der Waals surface area contributed by atoms with Gasteiger partial charge in [0, 0.05) is 24.2 Å². The highest BCUT2D eigenvalue weighted by atomic mass is 32.2. The van der Waals surface area contributed by atoms with Crippen LogP contribution in [-0.2, 0) is 10.0 Å². The van der Waals surface area contributed by atoms with Gasteiger partial charge in [-0.3, -0.25) is 4.90 Å². The highest BCUT2D eigenvalue weighted by molar-refractivity contribution is 7.89. The third kappa shape index (κ3) is 3.47. The topological polar surface area (TPSA) is 40.6 Å². The van der Waals surface area contributed by atoms with E-state index in [9.17, 15) is 8.42 Å². The maximum atomic E-state index is 13.0. The molecule has 0 aliphatic carbocycles. The van der Waals surface area contributed by atoms with Gasteiger partial charge < -0.3 is 0 Å². The Labute approximate surface area is 141 Å². The molecule has 1 aromatic carbocycles. The first kappa shape index (κ1) is 18.4. The Morgan fingerprint density at radius 3 is 1.91 bits per heavy atom. The van der Waals surface area contributed by atoms with E-state index in [1.807, 2.05) is 19.1 Å². The molecule has 5 heteroatoms. The van der Waals surface area contributed by atoms with Gasteiger partial charge in [-0.2, -0.15) is 4.31 Å². The molecule has 1 aromatic rings. The second-order valence-electron chi connectivity index (χ2n) is 8.08. The summed E-state index contributed by atoms with van der Waals surface area (Å²) in [6.45, 7) is 10.7. The molecule has 2 rings (SSSR count). The van der Waals surface area contributed by atoms with E-state index in [2.05, 4.69) is 39.6 Å². The van der Waals surface area contributed by atoms with Gasteiger partial charge in [0.25, 0.3) is 0 Å². The minimum Gasteiger partial charge on any atom is -0.296 e. The fourth-order valence-corrected chi connectivity index (χ4v) is 5.00. The standard InChI is InChI=1S/C18H30N2O2S/c1-14-8-10-16(11-9-14)23(21,22)19(6)15-12-17(2,3)20(7)18(4,5)13-15/h8-11,15H,12-13H2,1-7H3. The van der Waals surface area contributed by atoms with Crippen LogP contribution in [0.5, 0.6) is 0 Å². The van der Waals surface area contributed by atoms with Gasteiger partial charge in [0.2, 0.25) is 10.0 Å². The highest BCUT2D eigenvalue weighted by Crippen LogP contribution is 2.39. The molecule has 0 saturated carbocycles. The second-order valence-corrected chi connectivity index (χ2v) is 10.1. The quantitative estimate of drug-likeness (QED) is 0.849. The number of hydrogen-bond donors (Lipinski definition) is 0. The number of benzene rings is 1. The SMILES string of the molecule is Cc1ccc(S(=O)(=O)N(C)C2CC(C)(C)N(C)C(C)(C)C2)cc1. The maximum absolute atomic E-state index is 13.0. The summed E-state index contributed by atoms with van der Waals surface area (Å²) >= 11 is 0. The molecule has 0 amide bonds. The van der Waals surface area contributed by atoms with Crippen LogP contribution in [0, 0.1) is 6.92 Å². The molecule has 4 nitrogen and oxygen atoms in total. The summed E-state index contributed by atoms with van der Waals surface area (Å²) in [6, 6.07) is 7.10. The van der Waals surface area contributed by atoms with E-state index in [1.54, 1.807) is 23.5 Å². The van der Waals surface area contributed by atoms with Crippen LogP contribution in [-0.4, -0.2) is 48.8 Å². The van der Waals surface area contributed by atoms with Crippen molar-refractivity contribution in [2.24, 2.45) is 0 Å². The number of rotatable bonds is 3. The van der Waals surface area contributed by atoms with E-state index >= 15 is 0 Å². The van der Waals surface area contributed by atoms with Crippen LogP contribution in [0.2, 0.25) is 0 Å². The predicted molar refractivity (Wildman–Crippen MR) is 95.1 cm³/mol. The van der Waals surface area contributed by atoms with Gasteiger partial charge in [-0.15, -0.1) is 0 Å². The van der Waals surface area contributed by atoms with Crippen molar-refractivity contribution in [2.45, 2.75) is 69.5 Å². The first-order valence-electron chi connectivity index (χ1n) is 8.16. The number of sulfonamides is 1. The smallest absolute Gasteiger partial charge is 0.243 e. The van der Waals surface area contributed by atoms with Gasteiger partial charge in [0.15, 0.2) is 0 Å². The largest absolute Gasteiger partial charge is 0.296 e. The normalized spacial score (nSPS) is 22.4. The Morgan fingerprint density at radius 2 is 1.48 bits per heavy atom. The van der Waals surface area contributed by atoms with Crippen molar-refractivity contribution in [2.75, 3.05) is 14.1 Å². The van der Waals surface area contributed by atoms with Crippen LogP contribution in [0.15, 0.2) is 29.2 Å².